The van der Waals surface area contributed by atoms with Gasteiger partial charge in [-0.1, -0.05) is 18.2 Å². The second kappa shape index (κ2) is 8.52. The fraction of sp³-hybridized carbons (Fsp3) is 0.476. The number of nitrogens with zero attached hydrogens (tertiary/aromatic N) is 2. The molecule has 0 amide bonds. The summed E-state index contributed by atoms with van der Waals surface area (Å²) in [5.74, 6) is 1.80. The van der Waals surface area contributed by atoms with Crippen LogP contribution in [0, 0.1) is 0 Å². The monoisotopic (exact) mass is 353 g/mol. The van der Waals surface area contributed by atoms with Crippen LogP contribution in [0.25, 0.3) is 0 Å². The largest absolute Gasteiger partial charge is 0.490 e. The predicted octanol–water partition coefficient (Wildman–Crippen LogP) is 3.00. The Labute approximate surface area is 155 Å². The zero-order valence-electron chi connectivity index (χ0n) is 15.2. The maximum Gasteiger partial charge on any atom is 0.165 e. The topological polar surface area (TPSA) is 46.6 Å². The van der Waals surface area contributed by atoms with Crippen molar-refractivity contribution in [1.82, 2.24) is 15.2 Å². The molecule has 0 aliphatic carbocycles. The fourth-order valence-corrected chi connectivity index (χ4v) is 3.66. The van der Waals surface area contributed by atoms with Crippen molar-refractivity contribution in [2.24, 2.45) is 0 Å². The van der Waals surface area contributed by atoms with Crippen molar-refractivity contribution >= 4 is 0 Å². The van der Waals surface area contributed by atoms with Gasteiger partial charge in [-0.05, 0) is 31.0 Å². The van der Waals surface area contributed by atoms with E-state index >= 15 is 0 Å². The maximum absolute atomic E-state index is 5.92. The molecular formula is C21H27N3O2. The lowest BCUT2D eigenvalue weighted by atomic mass is 10.0. The lowest BCUT2D eigenvalue weighted by Crippen LogP contribution is -2.42. The van der Waals surface area contributed by atoms with Crippen molar-refractivity contribution in [2.75, 3.05) is 26.3 Å². The minimum atomic E-state index is 0.553. The van der Waals surface area contributed by atoms with Gasteiger partial charge in [-0.3, -0.25) is 9.88 Å². The van der Waals surface area contributed by atoms with Gasteiger partial charge in [0.05, 0.1) is 18.9 Å². The van der Waals surface area contributed by atoms with Crippen molar-refractivity contribution in [1.29, 1.82) is 0 Å². The summed E-state index contributed by atoms with van der Waals surface area (Å²) in [4.78, 5) is 6.93. The van der Waals surface area contributed by atoms with Gasteiger partial charge in [0.25, 0.3) is 0 Å². The second-order valence-corrected chi connectivity index (χ2v) is 7.05. The Bertz CT molecular complexity index is 700. The molecule has 0 radical (unpaired) electrons. The first-order chi connectivity index (χ1) is 12.9. The molecule has 0 saturated carbocycles. The average Bonchev–Trinajstić information content (AvgIpc) is 2.94. The molecule has 0 unspecified atom stereocenters. The minimum Gasteiger partial charge on any atom is -0.490 e. The van der Waals surface area contributed by atoms with E-state index in [1.54, 1.807) is 0 Å². The molecule has 0 atom stereocenters. The maximum atomic E-state index is 5.92. The highest BCUT2D eigenvalue weighted by atomic mass is 16.5. The number of hydrogen-bond donors (Lipinski definition) is 1. The van der Waals surface area contributed by atoms with Crippen molar-refractivity contribution in [3.63, 3.8) is 0 Å². The Balaban J connectivity index is 1.28. The van der Waals surface area contributed by atoms with Gasteiger partial charge >= 0.3 is 0 Å². The number of aromatic nitrogens is 1. The molecule has 1 aromatic heterocycles. The van der Waals surface area contributed by atoms with Crippen LogP contribution in [-0.4, -0.2) is 42.2 Å². The van der Waals surface area contributed by atoms with Gasteiger partial charge in [-0.25, -0.2) is 0 Å². The summed E-state index contributed by atoms with van der Waals surface area (Å²) in [6, 6.07) is 12.9. The van der Waals surface area contributed by atoms with E-state index < -0.39 is 0 Å². The Morgan fingerprint density at radius 2 is 1.92 bits per heavy atom. The van der Waals surface area contributed by atoms with Crippen LogP contribution in [0.3, 0.4) is 0 Å². The van der Waals surface area contributed by atoms with Crippen LogP contribution in [0.5, 0.6) is 11.5 Å². The third-order valence-corrected chi connectivity index (χ3v) is 5.13. The van der Waals surface area contributed by atoms with Gasteiger partial charge in [0, 0.05) is 50.4 Å². The van der Waals surface area contributed by atoms with Crippen molar-refractivity contribution < 1.29 is 9.47 Å². The molecule has 4 rings (SSSR count). The first-order valence-electron chi connectivity index (χ1n) is 9.61. The van der Waals surface area contributed by atoms with Crippen LogP contribution in [0.15, 0.2) is 42.6 Å². The Kier molecular flexibility index (Phi) is 5.67. The summed E-state index contributed by atoms with van der Waals surface area (Å²) in [7, 11) is 0. The zero-order chi connectivity index (χ0) is 17.6. The number of hydrogen-bond acceptors (Lipinski definition) is 5. The molecule has 0 spiro atoms. The molecule has 1 fully saturated rings. The van der Waals surface area contributed by atoms with Gasteiger partial charge in [-0.15, -0.1) is 0 Å². The van der Waals surface area contributed by atoms with Gasteiger partial charge < -0.3 is 14.8 Å². The number of para-hydroxylation sites is 1. The molecule has 2 aliphatic heterocycles. The zero-order valence-corrected chi connectivity index (χ0v) is 15.2. The molecule has 0 bridgehead atoms. The van der Waals surface area contributed by atoms with Crippen LogP contribution in [0.1, 0.15) is 30.5 Å². The second-order valence-electron chi connectivity index (χ2n) is 7.05. The molecule has 138 valence electrons. The molecule has 26 heavy (non-hydrogen) atoms. The van der Waals surface area contributed by atoms with Gasteiger partial charge in [-0.2, -0.15) is 0 Å². The van der Waals surface area contributed by atoms with Gasteiger partial charge in [0.2, 0.25) is 0 Å². The van der Waals surface area contributed by atoms with Crippen LogP contribution in [-0.2, 0) is 13.1 Å². The smallest absolute Gasteiger partial charge is 0.165 e. The van der Waals surface area contributed by atoms with Crippen LogP contribution in [0.4, 0.5) is 0 Å². The first-order valence-corrected chi connectivity index (χ1v) is 9.61. The Hall–Kier alpha value is -2.11. The summed E-state index contributed by atoms with van der Waals surface area (Å²) in [6.45, 7) is 5.47. The molecule has 5 nitrogen and oxygen atoms in total. The number of likely N-dealkylation sites (tertiary alicyclic amines) is 1. The van der Waals surface area contributed by atoms with E-state index in [4.69, 9.17) is 9.47 Å². The summed E-state index contributed by atoms with van der Waals surface area (Å²) in [5.41, 5.74) is 2.35. The number of nitrogens with one attached hydrogen (secondary N) is 1. The predicted molar refractivity (Wildman–Crippen MR) is 101 cm³/mol. The number of pyridine rings is 1. The highest BCUT2D eigenvalue weighted by molar-refractivity contribution is 5.47. The van der Waals surface area contributed by atoms with E-state index in [0.29, 0.717) is 6.04 Å². The van der Waals surface area contributed by atoms with Crippen LogP contribution < -0.4 is 14.8 Å². The lowest BCUT2D eigenvalue weighted by Gasteiger charge is -2.32. The molecule has 2 aromatic rings. The number of benzene rings is 1. The fourth-order valence-electron chi connectivity index (χ4n) is 3.66. The molecule has 1 aromatic carbocycles. The molecule has 3 heterocycles. The molecule has 5 heteroatoms. The minimum absolute atomic E-state index is 0.553. The van der Waals surface area contributed by atoms with Crippen molar-refractivity contribution in [3.8, 4) is 11.5 Å². The lowest BCUT2D eigenvalue weighted by molar-refractivity contribution is 0.188. The van der Waals surface area contributed by atoms with E-state index in [9.17, 15) is 0 Å². The van der Waals surface area contributed by atoms with E-state index in [1.807, 2.05) is 18.3 Å². The quantitative estimate of drug-likeness (QED) is 0.895. The SMILES string of the molecule is c1ccc(CN2CCC(NCc3cccc4c3OCCCO4)CC2)nc1. The van der Waals surface area contributed by atoms with Gasteiger partial charge in [0.15, 0.2) is 11.5 Å². The first kappa shape index (κ1) is 17.3. The summed E-state index contributed by atoms with van der Waals surface area (Å²) in [5, 5.41) is 3.71. The number of fused-ring (bicyclic) bond motifs is 1. The summed E-state index contributed by atoms with van der Waals surface area (Å²) >= 11 is 0. The molecule has 1 saturated heterocycles. The van der Waals surface area contributed by atoms with Crippen LogP contribution in [0.2, 0.25) is 0 Å². The third kappa shape index (κ3) is 4.34. The van der Waals surface area contributed by atoms with E-state index in [2.05, 4.69) is 39.5 Å². The molecule has 2 aliphatic rings. The van der Waals surface area contributed by atoms with Crippen molar-refractivity contribution in [2.45, 2.75) is 38.4 Å². The normalized spacial score (nSPS) is 18.5. The molecular weight excluding hydrogens is 326 g/mol. The number of rotatable bonds is 5. The third-order valence-electron chi connectivity index (χ3n) is 5.13. The van der Waals surface area contributed by atoms with Gasteiger partial charge in [0.1, 0.15) is 0 Å². The number of piperidine rings is 1. The highest BCUT2D eigenvalue weighted by Crippen LogP contribution is 2.33. The molecule has 1 N–H and O–H groups in total. The van der Waals surface area contributed by atoms with Crippen LogP contribution >= 0.6 is 0 Å². The van der Waals surface area contributed by atoms with E-state index in [0.717, 1.165) is 63.0 Å². The number of ether oxygens (including phenoxy) is 2. The Morgan fingerprint density at radius 1 is 1.04 bits per heavy atom. The standard InChI is InChI=1S/C21H27N3O2/c1-2-10-22-19(6-1)16-24-11-8-18(9-12-24)23-15-17-5-3-7-20-21(17)26-14-4-13-25-20/h1-3,5-7,10,18,23H,4,8-9,11-16H2. The van der Waals surface area contributed by atoms with E-state index in [1.165, 1.54) is 18.4 Å². The average molecular weight is 353 g/mol. The highest BCUT2D eigenvalue weighted by Gasteiger charge is 2.20. The summed E-state index contributed by atoms with van der Waals surface area (Å²) in [6.07, 6.45) is 5.15. The summed E-state index contributed by atoms with van der Waals surface area (Å²) < 4.78 is 11.7. The van der Waals surface area contributed by atoms with E-state index in [-0.39, 0.29) is 0 Å². The Morgan fingerprint density at radius 3 is 2.77 bits per heavy atom. The van der Waals surface area contributed by atoms with Crippen molar-refractivity contribution in [3.05, 3.63) is 53.9 Å².